The van der Waals surface area contributed by atoms with Crippen LogP contribution < -0.4 is 27.1 Å². The molecule has 1 aromatic heterocycles. The van der Waals surface area contributed by atoms with E-state index in [1.54, 1.807) is 36.4 Å². The van der Waals surface area contributed by atoms with E-state index in [1.165, 1.54) is 24.4 Å². The molecule has 1 unspecified atom stereocenters. The van der Waals surface area contributed by atoms with Gasteiger partial charge in [-0.1, -0.05) is 36.4 Å². The van der Waals surface area contributed by atoms with Crippen LogP contribution >= 0.6 is 0 Å². The van der Waals surface area contributed by atoms with E-state index in [4.69, 9.17) is 11.5 Å². The Bertz CT molecular complexity index is 1410. The molecule has 0 radical (unpaired) electrons. The smallest absolute Gasteiger partial charge is 0.275 e. The summed E-state index contributed by atoms with van der Waals surface area (Å²) < 4.78 is 29.5. The zero-order valence-corrected chi connectivity index (χ0v) is 19.6. The number of aldehydes is 1. The minimum atomic E-state index is -4.09. The van der Waals surface area contributed by atoms with Crippen molar-refractivity contribution < 1.29 is 18.0 Å². The molecule has 0 spiro atoms. The SMILES string of the molecule is NC(N)=NCCCC(C=O)NC(=O)Cn1cccc(NS(=O)(=O)c2cccc3ccccc23)c1=O. The number of carbonyl (C=O) groups is 2. The molecule has 0 fully saturated rings. The predicted octanol–water partition coefficient (Wildman–Crippen LogP) is 0.540. The number of aliphatic imine (C=N–C) groups is 1. The first-order valence-corrected chi connectivity index (χ1v) is 12.2. The summed E-state index contributed by atoms with van der Waals surface area (Å²) in [6.07, 6.45) is 2.72. The van der Waals surface area contributed by atoms with Crippen molar-refractivity contribution in [2.45, 2.75) is 30.3 Å². The largest absolute Gasteiger partial charge is 0.370 e. The number of carbonyl (C=O) groups excluding carboxylic acids is 2. The Morgan fingerprint density at radius 2 is 1.83 bits per heavy atom. The zero-order valence-electron chi connectivity index (χ0n) is 18.8. The van der Waals surface area contributed by atoms with Gasteiger partial charge in [0.2, 0.25) is 5.91 Å². The maximum atomic E-state index is 13.1. The molecule has 35 heavy (non-hydrogen) atoms. The van der Waals surface area contributed by atoms with Crippen molar-refractivity contribution in [1.82, 2.24) is 9.88 Å². The maximum absolute atomic E-state index is 13.1. The molecule has 3 rings (SSSR count). The van der Waals surface area contributed by atoms with E-state index in [0.29, 0.717) is 31.1 Å². The molecule has 12 heteroatoms. The van der Waals surface area contributed by atoms with Gasteiger partial charge in [-0.3, -0.25) is 19.3 Å². The summed E-state index contributed by atoms with van der Waals surface area (Å²) in [4.78, 5) is 40.4. The average molecular weight is 499 g/mol. The van der Waals surface area contributed by atoms with Gasteiger partial charge in [-0.05, 0) is 36.4 Å². The number of fused-ring (bicyclic) bond motifs is 1. The lowest BCUT2D eigenvalue weighted by atomic mass is 10.1. The van der Waals surface area contributed by atoms with E-state index < -0.39 is 34.1 Å². The van der Waals surface area contributed by atoms with Crippen molar-refractivity contribution in [1.29, 1.82) is 0 Å². The van der Waals surface area contributed by atoms with Crippen molar-refractivity contribution in [2.24, 2.45) is 16.5 Å². The summed E-state index contributed by atoms with van der Waals surface area (Å²) >= 11 is 0. The maximum Gasteiger partial charge on any atom is 0.275 e. The number of amides is 1. The lowest BCUT2D eigenvalue weighted by Crippen LogP contribution is -2.40. The molecule has 1 atom stereocenters. The molecule has 0 saturated heterocycles. The van der Waals surface area contributed by atoms with Gasteiger partial charge >= 0.3 is 0 Å². The van der Waals surface area contributed by atoms with Crippen LogP contribution in [0.5, 0.6) is 0 Å². The molecular weight excluding hydrogens is 472 g/mol. The molecule has 0 aliphatic rings. The third kappa shape index (κ3) is 6.67. The Labute approximate surface area is 201 Å². The van der Waals surface area contributed by atoms with Gasteiger partial charge in [0.25, 0.3) is 15.6 Å². The summed E-state index contributed by atoms with van der Waals surface area (Å²) in [5.74, 6) is -0.646. The standard InChI is InChI=1S/C23H26N6O5S/c24-23(25)26-12-4-8-17(15-30)27-21(31)14-29-13-5-10-19(22(29)32)28-35(33,34)20-11-3-7-16-6-1-2-9-18(16)20/h1-3,5-7,9-11,13,15,17,28H,4,8,12,14H2,(H,27,31)(H4,24,25,26). The lowest BCUT2D eigenvalue weighted by molar-refractivity contribution is -0.124. The van der Waals surface area contributed by atoms with Gasteiger partial charge in [0, 0.05) is 18.1 Å². The van der Waals surface area contributed by atoms with Crippen LogP contribution in [-0.2, 0) is 26.2 Å². The number of anilines is 1. The van der Waals surface area contributed by atoms with E-state index in [9.17, 15) is 22.8 Å². The van der Waals surface area contributed by atoms with Crippen molar-refractivity contribution in [3.8, 4) is 0 Å². The minimum Gasteiger partial charge on any atom is -0.370 e. The molecule has 184 valence electrons. The number of sulfonamides is 1. The number of rotatable bonds is 11. The van der Waals surface area contributed by atoms with E-state index in [-0.39, 0.29) is 16.5 Å². The Kier molecular flexibility index (Phi) is 8.21. The number of benzene rings is 2. The van der Waals surface area contributed by atoms with Crippen LogP contribution in [0.2, 0.25) is 0 Å². The van der Waals surface area contributed by atoms with Crippen LogP contribution in [0.25, 0.3) is 10.8 Å². The van der Waals surface area contributed by atoms with Gasteiger partial charge in [-0.2, -0.15) is 0 Å². The highest BCUT2D eigenvalue weighted by Gasteiger charge is 2.20. The number of hydrogen-bond donors (Lipinski definition) is 4. The van der Waals surface area contributed by atoms with Crippen molar-refractivity contribution in [3.05, 3.63) is 71.1 Å². The number of hydrogen-bond acceptors (Lipinski definition) is 6. The summed E-state index contributed by atoms with van der Waals surface area (Å²) in [5, 5.41) is 3.78. The second-order valence-electron chi connectivity index (χ2n) is 7.70. The summed E-state index contributed by atoms with van der Waals surface area (Å²) in [7, 11) is -4.09. The lowest BCUT2D eigenvalue weighted by Gasteiger charge is -2.14. The molecule has 6 N–H and O–H groups in total. The third-order valence-corrected chi connectivity index (χ3v) is 6.52. The van der Waals surface area contributed by atoms with Gasteiger partial charge in [0.15, 0.2) is 5.96 Å². The first-order chi connectivity index (χ1) is 16.7. The average Bonchev–Trinajstić information content (AvgIpc) is 2.83. The normalized spacial score (nSPS) is 12.0. The highest BCUT2D eigenvalue weighted by Crippen LogP contribution is 2.24. The molecule has 3 aromatic rings. The van der Waals surface area contributed by atoms with Crippen molar-refractivity contribution >= 4 is 44.6 Å². The minimum absolute atomic E-state index is 0.0256. The first-order valence-electron chi connectivity index (χ1n) is 10.7. The molecule has 0 bridgehead atoms. The van der Waals surface area contributed by atoms with E-state index in [1.807, 2.05) is 0 Å². The molecule has 0 aliphatic carbocycles. The van der Waals surface area contributed by atoms with Crippen LogP contribution in [-0.4, -0.2) is 43.7 Å². The molecule has 11 nitrogen and oxygen atoms in total. The summed E-state index contributed by atoms with van der Waals surface area (Å²) in [6.45, 7) is -0.0954. The highest BCUT2D eigenvalue weighted by atomic mass is 32.2. The number of guanidine groups is 1. The molecule has 2 aromatic carbocycles. The van der Waals surface area contributed by atoms with Gasteiger partial charge < -0.3 is 26.1 Å². The molecule has 1 heterocycles. The number of pyridine rings is 1. The fourth-order valence-electron chi connectivity index (χ4n) is 3.47. The Hall–Kier alpha value is -4.19. The van der Waals surface area contributed by atoms with Crippen LogP contribution in [0.15, 0.2) is 75.5 Å². The van der Waals surface area contributed by atoms with Gasteiger partial charge in [-0.25, -0.2) is 8.42 Å². The highest BCUT2D eigenvalue weighted by molar-refractivity contribution is 7.93. The van der Waals surface area contributed by atoms with Crippen LogP contribution in [0, 0.1) is 0 Å². The van der Waals surface area contributed by atoms with Gasteiger partial charge in [-0.15, -0.1) is 0 Å². The second-order valence-corrected chi connectivity index (χ2v) is 9.35. The Balaban J connectivity index is 1.72. The molecular formula is C23H26N6O5S. The summed E-state index contributed by atoms with van der Waals surface area (Å²) in [5.41, 5.74) is 9.57. The summed E-state index contributed by atoms with van der Waals surface area (Å²) in [6, 6.07) is 13.8. The molecule has 0 saturated carbocycles. The number of aromatic nitrogens is 1. The zero-order chi connectivity index (χ0) is 25.4. The first kappa shape index (κ1) is 25.4. The van der Waals surface area contributed by atoms with Crippen LogP contribution in [0.3, 0.4) is 0 Å². The number of nitrogens with one attached hydrogen (secondary N) is 2. The van der Waals surface area contributed by atoms with Crippen molar-refractivity contribution in [2.75, 3.05) is 11.3 Å². The topological polar surface area (TPSA) is 179 Å². The predicted molar refractivity (Wildman–Crippen MR) is 133 cm³/mol. The van der Waals surface area contributed by atoms with E-state index in [2.05, 4.69) is 15.0 Å². The second kappa shape index (κ2) is 11.3. The fraction of sp³-hybridized carbons (Fsp3) is 0.217. The number of nitrogens with two attached hydrogens (primary N) is 2. The number of nitrogens with zero attached hydrogens (tertiary/aromatic N) is 2. The molecule has 0 aliphatic heterocycles. The fourth-order valence-corrected chi connectivity index (χ4v) is 4.76. The van der Waals surface area contributed by atoms with E-state index in [0.717, 1.165) is 9.95 Å². The van der Waals surface area contributed by atoms with Crippen LogP contribution in [0.4, 0.5) is 5.69 Å². The Morgan fingerprint density at radius 1 is 1.09 bits per heavy atom. The van der Waals surface area contributed by atoms with Crippen molar-refractivity contribution in [3.63, 3.8) is 0 Å². The van der Waals surface area contributed by atoms with Gasteiger partial charge in [0.1, 0.15) is 18.5 Å². The quantitative estimate of drug-likeness (QED) is 0.129. The third-order valence-electron chi connectivity index (χ3n) is 5.10. The Morgan fingerprint density at radius 3 is 2.57 bits per heavy atom. The van der Waals surface area contributed by atoms with Crippen LogP contribution in [0.1, 0.15) is 12.8 Å². The van der Waals surface area contributed by atoms with E-state index >= 15 is 0 Å². The monoisotopic (exact) mass is 498 g/mol. The molecule has 1 amide bonds. The van der Waals surface area contributed by atoms with Gasteiger partial charge in [0.05, 0.1) is 10.9 Å².